The van der Waals surface area contributed by atoms with E-state index in [2.05, 4.69) is 0 Å². The first-order chi connectivity index (χ1) is 8.49. The summed E-state index contributed by atoms with van der Waals surface area (Å²) < 4.78 is 0. The molecular weight excluding hydrogens is 324 g/mol. The van der Waals surface area contributed by atoms with E-state index < -0.39 is 0 Å². The molecule has 0 radical (unpaired) electrons. The van der Waals surface area contributed by atoms with Gasteiger partial charge in [0.25, 0.3) is 0 Å². The molecule has 2 aromatic carbocycles. The van der Waals surface area contributed by atoms with Gasteiger partial charge in [0.15, 0.2) is 0 Å². The third-order valence-corrected chi connectivity index (χ3v) is 3.42. The van der Waals surface area contributed by atoms with Gasteiger partial charge in [0.2, 0.25) is 0 Å². The van der Waals surface area contributed by atoms with Gasteiger partial charge in [-0.1, -0.05) is 46.9 Å². The fraction of sp³-hybridized carbons (Fsp3) is 0.0714. The second-order valence-corrected chi connectivity index (χ2v) is 5.24. The second-order valence-electron chi connectivity index (χ2n) is 3.99. The lowest BCUT2D eigenvalue weighted by Gasteiger charge is -2.10. The van der Waals surface area contributed by atoms with Crippen molar-refractivity contribution in [3.63, 3.8) is 0 Å². The van der Waals surface area contributed by atoms with E-state index in [1.54, 1.807) is 36.4 Å². The number of nitrogens with one attached hydrogen (secondary N) is 1. The first kappa shape index (κ1) is 16.3. The Bertz CT molecular complexity index is 582. The summed E-state index contributed by atoms with van der Waals surface area (Å²) in [6.07, 6.45) is 0. The van der Waals surface area contributed by atoms with Crippen LogP contribution in [0.5, 0.6) is 0 Å². The highest BCUT2D eigenvalue weighted by Crippen LogP contribution is 2.29. The Labute approximate surface area is 133 Å². The molecule has 5 heteroatoms. The Morgan fingerprint density at radius 1 is 0.947 bits per heavy atom. The predicted molar refractivity (Wildman–Crippen MR) is 85.8 cm³/mol. The smallest absolute Gasteiger partial charge is 0.0714 e. The van der Waals surface area contributed by atoms with Crippen molar-refractivity contribution in [2.24, 2.45) is 0 Å². The van der Waals surface area contributed by atoms with Gasteiger partial charge in [-0.25, -0.2) is 0 Å². The van der Waals surface area contributed by atoms with Crippen LogP contribution >= 0.6 is 47.2 Å². The molecule has 0 unspecified atom stereocenters. The van der Waals surface area contributed by atoms with E-state index in [9.17, 15) is 0 Å². The fourth-order valence-corrected chi connectivity index (χ4v) is 2.61. The minimum Gasteiger partial charge on any atom is -0.300 e. The molecule has 0 saturated carbocycles. The summed E-state index contributed by atoms with van der Waals surface area (Å²) in [5.41, 5.74) is 2.54. The Morgan fingerprint density at radius 2 is 1.42 bits per heavy atom. The number of rotatable bonds is 2. The maximum atomic E-state index is 8.18. The van der Waals surface area contributed by atoms with Gasteiger partial charge in [0.1, 0.15) is 0 Å². The summed E-state index contributed by atoms with van der Waals surface area (Å²) in [7, 11) is 0. The molecule has 0 aliphatic rings. The third kappa shape index (κ3) is 3.64. The SMILES string of the molecule is Cc1cc(Cl)c(C(=N)c2ccc(Cl)cc2)c(Cl)c1.Cl. The van der Waals surface area contributed by atoms with Crippen molar-refractivity contribution in [3.8, 4) is 0 Å². The van der Waals surface area contributed by atoms with Crippen LogP contribution in [-0.2, 0) is 0 Å². The minimum absolute atomic E-state index is 0. The number of halogens is 4. The molecule has 19 heavy (non-hydrogen) atoms. The van der Waals surface area contributed by atoms with E-state index in [0.29, 0.717) is 26.3 Å². The highest BCUT2D eigenvalue weighted by atomic mass is 35.5. The van der Waals surface area contributed by atoms with Gasteiger partial charge in [-0.05, 0) is 36.8 Å². The Hall–Kier alpha value is -0.730. The molecule has 0 fully saturated rings. The quantitative estimate of drug-likeness (QED) is 0.672. The third-order valence-electron chi connectivity index (χ3n) is 2.57. The van der Waals surface area contributed by atoms with Gasteiger partial charge >= 0.3 is 0 Å². The monoisotopic (exact) mass is 333 g/mol. The van der Waals surface area contributed by atoms with E-state index in [1.165, 1.54) is 0 Å². The van der Waals surface area contributed by atoms with Crippen LogP contribution in [0, 0.1) is 12.3 Å². The van der Waals surface area contributed by atoms with Gasteiger partial charge in [-0.2, -0.15) is 0 Å². The largest absolute Gasteiger partial charge is 0.300 e. The van der Waals surface area contributed by atoms with Crippen LogP contribution in [0.2, 0.25) is 15.1 Å². The average Bonchev–Trinajstić information content (AvgIpc) is 2.28. The van der Waals surface area contributed by atoms with Crippen LogP contribution in [0.3, 0.4) is 0 Å². The van der Waals surface area contributed by atoms with Gasteiger partial charge in [-0.3, -0.25) is 5.41 Å². The fourth-order valence-electron chi connectivity index (χ4n) is 1.70. The zero-order valence-corrected chi connectivity index (χ0v) is 13.1. The van der Waals surface area contributed by atoms with E-state index in [1.807, 2.05) is 6.92 Å². The maximum Gasteiger partial charge on any atom is 0.0714 e. The zero-order chi connectivity index (χ0) is 13.3. The highest BCUT2D eigenvalue weighted by Gasteiger charge is 2.13. The molecule has 1 N–H and O–H groups in total. The lowest BCUT2D eigenvalue weighted by molar-refractivity contribution is 1.42. The molecule has 0 aromatic heterocycles. The molecule has 1 nitrogen and oxygen atoms in total. The topological polar surface area (TPSA) is 23.9 Å². The average molecular weight is 335 g/mol. The van der Waals surface area contributed by atoms with Gasteiger partial charge in [-0.15, -0.1) is 12.4 Å². The van der Waals surface area contributed by atoms with Crippen LogP contribution in [0.15, 0.2) is 36.4 Å². The van der Waals surface area contributed by atoms with Crippen LogP contribution in [-0.4, -0.2) is 5.71 Å². The van der Waals surface area contributed by atoms with Crippen molar-refractivity contribution in [1.29, 1.82) is 5.41 Å². The van der Waals surface area contributed by atoms with Crippen molar-refractivity contribution in [3.05, 3.63) is 68.2 Å². The Kier molecular flexibility index (Phi) is 5.69. The first-order valence-electron chi connectivity index (χ1n) is 5.29. The molecule has 0 atom stereocenters. The summed E-state index contributed by atoms with van der Waals surface area (Å²) in [6.45, 7) is 1.91. The predicted octanol–water partition coefficient (Wildman–Crippen LogP) is 5.79. The molecule has 0 heterocycles. The summed E-state index contributed by atoms with van der Waals surface area (Å²) in [5.74, 6) is 0. The molecule has 0 aliphatic heterocycles. The van der Waals surface area contributed by atoms with Gasteiger partial charge in [0.05, 0.1) is 15.8 Å². The molecule has 100 valence electrons. The van der Waals surface area contributed by atoms with E-state index >= 15 is 0 Å². The highest BCUT2D eigenvalue weighted by molar-refractivity contribution is 6.41. The van der Waals surface area contributed by atoms with Crippen molar-refractivity contribution in [1.82, 2.24) is 0 Å². The Balaban J connectivity index is 0.00000180. The molecule has 0 bridgehead atoms. The van der Waals surface area contributed by atoms with E-state index in [-0.39, 0.29) is 12.4 Å². The molecule has 2 aromatic rings. The normalized spacial score (nSPS) is 9.89. The van der Waals surface area contributed by atoms with E-state index in [4.69, 9.17) is 40.2 Å². The lowest BCUT2D eigenvalue weighted by Crippen LogP contribution is -2.03. The Morgan fingerprint density at radius 3 is 1.89 bits per heavy atom. The molecule has 0 spiro atoms. The van der Waals surface area contributed by atoms with Crippen LogP contribution < -0.4 is 0 Å². The summed E-state index contributed by atoms with van der Waals surface area (Å²) in [6, 6.07) is 10.6. The second kappa shape index (κ2) is 6.62. The molecule has 2 rings (SSSR count). The zero-order valence-electron chi connectivity index (χ0n) is 10.0. The summed E-state index contributed by atoms with van der Waals surface area (Å²) in [5, 5.41) is 9.79. The molecule has 0 aliphatic carbocycles. The van der Waals surface area contributed by atoms with Crippen molar-refractivity contribution in [2.75, 3.05) is 0 Å². The summed E-state index contributed by atoms with van der Waals surface area (Å²) in [4.78, 5) is 0. The minimum atomic E-state index is 0. The van der Waals surface area contributed by atoms with Gasteiger partial charge in [0, 0.05) is 16.1 Å². The standard InChI is InChI=1S/C14H10Cl3N.ClH/c1-8-6-11(16)13(12(17)7-8)14(18)9-2-4-10(15)5-3-9;/h2-7,18H,1H3;1H. The molecule has 0 saturated heterocycles. The molecular formula is C14H11Cl4N. The van der Waals surface area contributed by atoms with Crippen molar-refractivity contribution < 1.29 is 0 Å². The van der Waals surface area contributed by atoms with Crippen LogP contribution in [0.1, 0.15) is 16.7 Å². The number of aryl methyl sites for hydroxylation is 1. The first-order valence-corrected chi connectivity index (χ1v) is 6.43. The maximum absolute atomic E-state index is 8.18. The number of hydrogen-bond acceptors (Lipinski definition) is 1. The van der Waals surface area contributed by atoms with E-state index in [0.717, 1.165) is 11.1 Å². The van der Waals surface area contributed by atoms with Gasteiger partial charge < -0.3 is 0 Å². The molecule has 0 amide bonds. The summed E-state index contributed by atoms with van der Waals surface area (Å²) >= 11 is 18.1. The van der Waals surface area contributed by atoms with Crippen molar-refractivity contribution in [2.45, 2.75) is 6.92 Å². The number of benzene rings is 2. The van der Waals surface area contributed by atoms with Crippen LogP contribution in [0.4, 0.5) is 0 Å². The number of hydrogen-bond donors (Lipinski definition) is 1. The van der Waals surface area contributed by atoms with Crippen LogP contribution in [0.25, 0.3) is 0 Å². The lowest BCUT2D eigenvalue weighted by atomic mass is 10.0. The van der Waals surface area contributed by atoms with Crippen molar-refractivity contribution >= 4 is 52.9 Å².